The highest BCUT2D eigenvalue weighted by Gasteiger charge is 2.42. The Morgan fingerprint density at radius 1 is 1.33 bits per heavy atom. The standard InChI is InChI=1S/C12H21NO5/c1-11(2,3)18-10(15)13-6-7-17-12(4,8-13)9(14)16-5/h6-8H2,1-5H3/t12-/m1/s1. The molecule has 1 aliphatic rings. The first-order chi connectivity index (χ1) is 8.18. The number of carbonyl (C=O) groups is 2. The largest absolute Gasteiger partial charge is 0.467 e. The molecule has 0 aliphatic carbocycles. The molecule has 1 rings (SSSR count). The predicted molar refractivity (Wildman–Crippen MR) is 64.2 cm³/mol. The first-order valence-electron chi connectivity index (χ1n) is 5.88. The van der Waals surface area contributed by atoms with Gasteiger partial charge in [0.05, 0.1) is 20.3 Å². The minimum atomic E-state index is -1.12. The van der Waals surface area contributed by atoms with E-state index in [-0.39, 0.29) is 13.2 Å². The van der Waals surface area contributed by atoms with Crippen molar-refractivity contribution in [2.45, 2.75) is 38.9 Å². The number of hydrogen-bond acceptors (Lipinski definition) is 5. The van der Waals surface area contributed by atoms with Crippen LogP contribution in [0.4, 0.5) is 4.79 Å². The van der Waals surface area contributed by atoms with Crippen LogP contribution in [0, 0.1) is 0 Å². The molecule has 0 bridgehead atoms. The van der Waals surface area contributed by atoms with Crippen LogP contribution >= 0.6 is 0 Å². The van der Waals surface area contributed by atoms with E-state index >= 15 is 0 Å². The summed E-state index contributed by atoms with van der Waals surface area (Å²) in [5.74, 6) is -0.490. The van der Waals surface area contributed by atoms with Crippen molar-refractivity contribution in [2.24, 2.45) is 0 Å². The molecule has 18 heavy (non-hydrogen) atoms. The van der Waals surface area contributed by atoms with Crippen molar-refractivity contribution in [3.63, 3.8) is 0 Å². The zero-order valence-electron chi connectivity index (χ0n) is 11.6. The van der Waals surface area contributed by atoms with E-state index in [9.17, 15) is 9.59 Å². The molecule has 0 spiro atoms. The van der Waals surface area contributed by atoms with E-state index in [2.05, 4.69) is 4.74 Å². The summed E-state index contributed by atoms with van der Waals surface area (Å²) in [6.45, 7) is 7.82. The van der Waals surface area contributed by atoms with Crippen LogP contribution in [0.1, 0.15) is 27.7 Å². The Bertz CT molecular complexity index is 336. The van der Waals surface area contributed by atoms with E-state index in [0.29, 0.717) is 6.54 Å². The van der Waals surface area contributed by atoms with Gasteiger partial charge in [0.25, 0.3) is 0 Å². The molecule has 0 unspecified atom stereocenters. The second-order valence-electron chi connectivity index (χ2n) is 5.47. The molecule has 1 amide bonds. The number of amides is 1. The molecule has 0 aromatic carbocycles. The van der Waals surface area contributed by atoms with Crippen molar-refractivity contribution >= 4 is 12.1 Å². The molecule has 1 heterocycles. The summed E-state index contributed by atoms with van der Waals surface area (Å²) in [6, 6.07) is 0. The fraction of sp³-hybridized carbons (Fsp3) is 0.833. The summed E-state index contributed by atoms with van der Waals surface area (Å²) >= 11 is 0. The predicted octanol–water partition coefficient (Wildman–Crippen LogP) is 1.19. The van der Waals surface area contributed by atoms with Crippen LogP contribution < -0.4 is 0 Å². The van der Waals surface area contributed by atoms with Gasteiger partial charge in [0.1, 0.15) is 5.60 Å². The summed E-state index contributed by atoms with van der Waals surface area (Å²) in [7, 11) is 1.30. The Balaban J connectivity index is 2.69. The van der Waals surface area contributed by atoms with Crippen molar-refractivity contribution in [2.75, 3.05) is 26.8 Å². The number of nitrogens with zero attached hydrogens (tertiary/aromatic N) is 1. The van der Waals surface area contributed by atoms with Gasteiger partial charge in [-0.1, -0.05) is 0 Å². The number of rotatable bonds is 1. The maximum atomic E-state index is 11.9. The monoisotopic (exact) mass is 259 g/mol. The molecule has 1 aliphatic heterocycles. The third kappa shape index (κ3) is 3.60. The van der Waals surface area contributed by atoms with Gasteiger partial charge in [-0.25, -0.2) is 9.59 Å². The molecule has 6 heteroatoms. The Kier molecular flexibility index (Phi) is 4.21. The first kappa shape index (κ1) is 14.8. The lowest BCUT2D eigenvalue weighted by Crippen LogP contribution is -2.57. The van der Waals surface area contributed by atoms with Crippen molar-refractivity contribution in [1.29, 1.82) is 0 Å². The van der Waals surface area contributed by atoms with Crippen LogP contribution in [-0.2, 0) is 19.0 Å². The van der Waals surface area contributed by atoms with Gasteiger partial charge in [-0.2, -0.15) is 0 Å². The van der Waals surface area contributed by atoms with Crippen LogP contribution in [0.15, 0.2) is 0 Å². The molecule has 1 fully saturated rings. The fourth-order valence-corrected chi connectivity index (χ4v) is 1.69. The van der Waals surface area contributed by atoms with Crippen LogP contribution in [0.3, 0.4) is 0 Å². The van der Waals surface area contributed by atoms with Crippen LogP contribution in [-0.4, -0.2) is 55.0 Å². The molecule has 0 N–H and O–H groups in total. The van der Waals surface area contributed by atoms with Crippen molar-refractivity contribution in [1.82, 2.24) is 4.90 Å². The highest BCUT2D eigenvalue weighted by Crippen LogP contribution is 2.21. The van der Waals surface area contributed by atoms with Gasteiger partial charge < -0.3 is 19.1 Å². The number of morpholine rings is 1. The van der Waals surface area contributed by atoms with Gasteiger partial charge >= 0.3 is 12.1 Å². The van der Waals surface area contributed by atoms with Gasteiger partial charge in [0.15, 0.2) is 5.60 Å². The Hall–Kier alpha value is -1.30. The summed E-state index contributed by atoms with van der Waals surface area (Å²) < 4.78 is 15.3. The highest BCUT2D eigenvalue weighted by atomic mass is 16.6. The van der Waals surface area contributed by atoms with E-state index in [1.165, 1.54) is 12.0 Å². The molecular formula is C12H21NO5. The van der Waals surface area contributed by atoms with Crippen molar-refractivity contribution in [3.8, 4) is 0 Å². The topological polar surface area (TPSA) is 65.1 Å². The number of esters is 1. The summed E-state index contributed by atoms with van der Waals surface area (Å²) in [5, 5.41) is 0. The van der Waals surface area contributed by atoms with E-state index in [4.69, 9.17) is 9.47 Å². The minimum Gasteiger partial charge on any atom is -0.467 e. The van der Waals surface area contributed by atoms with Gasteiger partial charge in [-0.05, 0) is 27.7 Å². The molecule has 0 aromatic rings. The molecular weight excluding hydrogens is 238 g/mol. The Morgan fingerprint density at radius 3 is 2.44 bits per heavy atom. The quantitative estimate of drug-likeness (QED) is 0.662. The average Bonchev–Trinajstić information content (AvgIpc) is 2.25. The summed E-state index contributed by atoms with van der Waals surface area (Å²) in [6.07, 6.45) is -0.444. The first-order valence-corrected chi connectivity index (χ1v) is 5.88. The van der Waals surface area contributed by atoms with Gasteiger partial charge in [0, 0.05) is 6.54 Å². The lowest BCUT2D eigenvalue weighted by Gasteiger charge is -2.38. The van der Waals surface area contributed by atoms with Crippen molar-refractivity contribution < 1.29 is 23.8 Å². The van der Waals surface area contributed by atoms with Crippen LogP contribution in [0.2, 0.25) is 0 Å². The highest BCUT2D eigenvalue weighted by molar-refractivity contribution is 5.80. The normalized spacial score (nSPS) is 24.6. The zero-order valence-corrected chi connectivity index (χ0v) is 11.6. The smallest absolute Gasteiger partial charge is 0.410 e. The van der Waals surface area contributed by atoms with Gasteiger partial charge in [-0.15, -0.1) is 0 Å². The van der Waals surface area contributed by atoms with E-state index in [1.54, 1.807) is 27.7 Å². The lowest BCUT2D eigenvalue weighted by molar-refractivity contribution is -0.176. The Morgan fingerprint density at radius 2 is 1.94 bits per heavy atom. The second-order valence-corrected chi connectivity index (χ2v) is 5.47. The van der Waals surface area contributed by atoms with Crippen molar-refractivity contribution in [3.05, 3.63) is 0 Å². The van der Waals surface area contributed by atoms with Gasteiger partial charge in [-0.3, -0.25) is 0 Å². The number of hydrogen-bond donors (Lipinski definition) is 0. The third-order valence-corrected chi connectivity index (χ3v) is 2.54. The van der Waals surface area contributed by atoms with E-state index < -0.39 is 23.3 Å². The van der Waals surface area contributed by atoms with Crippen LogP contribution in [0.25, 0.3) is 0 Å². The Labute approximate surface area is 107 Å². The molecule has 1 atom stereocenters. The molecule has 6 nitrogen and oxygen atoms in total. The maximum Gasteiger partial charge on any atom is 0.410 e. The number of carbonyl (C=O) groups excluding carboxylic acids is 2. The van der Waals surface area contributed by atoms with Gasteiger partial charge in [0.2, 0.25) is 0 Å². The molecule has 0 saturated carbocycles. The molecule has 0 aromatic heterocycles. The molecule has 1 saturated heterocycles. The second kappa shape index (κ2) is 5.14. The minimum absolute atomic E-state index is 0.134. The summed E-state index contributed by atoms with van der Waals surface area (Å²) in [5.41, 5.74) is -1.68. The van der Waals surface area contributed by atoms with Crippen LogP contribution in [0.5, 0.6) is 0 Å². The number of methoxy groups -OCH3 is 1. The SMILES string of the molecule is COC(=O)[C@@]1(C)CN(C(=O)OC(C)(C)C)CCO1. The molecule has 104 valence electrons. The van der Waals surface area contributed by atoms with E-state index in [0.717, 1.165) is 0 Å². The lowest BCUT2D eigenvalue weighted by atomic mass is 10.1. The summed E-state index contributed by atoms with van der Waals surface area (Å²) in [4.78, 5) is 25.0. The molecule has 0 radical (unpaired) electrons. The third-order valence-electron chi connectivity index (χ3n) is 2.54. The van der Waals surface area contributed by atoms with E-state index in [1.807, 2.05) is 0 Å². The maximum absolute atomic E-state index is 11.9. The zero-order chi connectivity index (χ0) is 14.0. The fourth-order valence-electron chi connectivity index (χ4n) is 1.69. The number of ether oxygens (including phenoxy) is 3. The average molecular weight is 259 g/mol.